The summed E-state index contributed by atoms with van der Waals surface area (Å²) in [6, 6.07) is 11.4. The van der Waals surface area contributed by atoms with Crippen molar-refractivity contribution >= 4 is 38.5 Å². The Morgan fingerprint density at radius 3 is 2.55 bits per heavy atom. The molecule has 1 fully saturated rings. The summed E-state index contributed by atoms with van der Waals surface area (Å²) in [5, 5.41) is 15.0. The van der Waals surface area contributed by atoms with Crippen molar-refractivity contribution in [2.45, 2.75) is 44.2 Å². The molecule has 0 bridgehead atoms. The maximum atomic E-state index is 13.3. The highest BCUT2D eigenvalue weighted by Crippen LogP contribution is 2.35. The molecule has 10 heteroatoms. The fourth-order valence-corrected chi connectivity index (χ4v) is 5.97. The van der Waals surface area contributed by atoms with Crippen LogP contribution >= 0.6 is 11.6 Å². The second-order valence-electron chi connectivity index (χ2n) is 8.63. The number of halogens is 1. The van der Waals surface area contributed by atoms with E-state index in [9.17, 15) is 18.3 Å². The fraction of sp³-hybridized carbons (Fsp3) is 0.391. The Bertz CT molecular complexity index is 1290. The third-order valence-electron chi connectivity index (χ3n) is 5.75. The number of nitrogens with zero attached hydrogens (tertiary/aromatic N) is 3. The van der Waals surface area contributed by atoms with Crippen LogP contribution in [-0.4, -0.2) is 52.8 Å². The van der Waals surface area contributed by atoms with Gasteiger partial charge < -0.3 is 9.84 Å². The van der Waals surface area contributed by atoms with Gasteiger partial charge in [-0.15, -0.1) is 0 Å². The van der Waals surface area contributed by atoms with Crippen LogP contribution in [0.25, 0.3) is 10.9 Å². The Morgan fingerprint density at radius 2 is 1.91 bits per heavy atom. The molecule has 1 saturated heterocycles. The van der Waals surface area contributed by atoms with E-state index in [1.165, 1.54) is 4.31 Å². The monoisotopic (exact) mass is 491 g/mol. The van der Waals surface area contributed by atoms with Crippen molar-refractivity contribution < 1.29 is 23.1 Å². The van der Waals surface area contributed by atoms with E-state index in [1.807, 2.05) is 20.8 Å². The van der Waals surface area contributed by atoms with Crippen molar-refractivity contribution in [2.24, 2.45) is 5.92 Å². The van der Waals surface area contributed by atoms with Crippen LogP contribution in [-0.2, 0) is 21.2 Å². The van der Waals surface area contributed by atoms with Crippen molar-refractivity contribution in [3.05, 3.63) is 53.2 Å². The van der Waals surface area contributed by atoms with E-state index in [1.54, 1.807) is 47.1 Å². The van der Waals surface area contributed by atoms with Gasteiger partial charge in [0.15, 0.2) is 0 Å². The number of carboxylic acids is 1. The lowest BCUT2D eigenvalue weighted by atomic mass is 10.1. The molecule has 33 heavy (non-hydrogen) atoms. The molecule has 0 aliphatic carbocycles. The fourth-order valence-electron chi connectivity index (χ4n) is 4.24. The molecule has 4 rings (SSSR count). The van der Waals surface area contributed by atoms with Crippen LogP contribution in [0.15, 0.2) is 47.4 Å². The van der Waals surface area contributed by atoms with Gasteiger partial charge in [-0.2, -0.15) is 9.40 Å². The zero-order chi connectivity index (χ0) is 23.9. The molecule has 1 aliphatic heterocycles. The number of aliphatic carboxylic acids is 1. The molecule has 3 aromatic rings. The average Bonchev–Trinajstić information content (AvgIpc) is 3.28. The molecular weight excluding hydrogens is 466 g/mol. The van der Waals surface area contributed by atoms with Gasteiger partial charge in [0, 0.05) is 23.5 Å². The van der Waals surface area contributed by atoms with Crippen molar-refractivity contribution in [1.82, 2.24) is 14.1 Å². The van der Waals surface area contributed by atoms with Gasteiger partial charge in [-0.05, 0) is 62.2 Å². The Hall–Kier alpha value is -2.62. The van der Waals surface area contributed by atoms with E-state index in [4.69, 9.17) is 16.3 Å². The van der Waals surface area contributed by atoms with Gasteiger partial charge >= 0.3 is 5.97 Å². The lowest BCUT2D eigenvalue weighted by Gasteiger charge is -2.18. The largest absolute Gasteiger partial charge is 0.491 e. The first kappa shape index (κ1) is 23.5. The summed E-state index contributed by atoms with van der Waals surface area (Å²) in [6.45, 7) is 6.36. The molecule has 0 spiro atoms. The number of ether oxygens (including phenoxy) is 1. The van der Waals surface area contributed by atoms with Gasteiger partial charge in [-0.25, -0.2) is 8.42 Å². The molecule has 2 atom stereocenters. The van der Waals surface area contributed by atoms with E-state index >= 15 is 0 Å². The Morgan fingerprint density at radius 1 is 1.21 bits per heavy atom. The summed E-state index contributed by atoms with van der Waals surface area (Å²) in [7, 11) is -3.71. The van der Waals surface area contributed by atoms with Gasteiger partial charge in [0.05, 0.1) is 34.7 Å². The van der Waals surface area contributed by atoms with E-state index in [0.717, 1.165) is 5.52 Å². The minimum atomic E-state index is -3.71. The van der Waals surface area contributed by atoms with Gasteiger partial charge in [0.2, 0.25) is 10.0 Å². The number of carbonyl (C=O) groups is 1. The predicted octanol–water partition coefficient (Wildman–Crippen LogP) is 3.99. The average molecular weight is 492 g/mol. The van der Waals surface area contributed by atoms with Crippen LogP contribution in [0.4, 0.5) is 0 Å². The molecule has 0 radical (unpaired) electrons. The third kappa shape index (κ3) is 4.71. The summed E-state index contributed by atoms with van der Waals surface area (Å²) >= 11 is 6.13. The standard InChI is InChI=1S/C23H26ClN3O5S/c1-14(2)32-17-5-7-18(8-6-17)33(30,31)26-12-15(3)22(13-26)27-21-9-4-16(24)10-19(21)20(25-27)11-23(28)29/h4-10,14-15,22H,11-13H2,1-3H3,(H,28,29)/t15-,22+/m1/s1. The summed E-state index contributed by atoms with van der Waals surface area (Å²) < 4.78 is 35.4. The zero-order valence-corrected chi connectivity index (χ0v) is 20.2. The Balaban J connectivity index is 1.64. The summed E-state index contributed by atoms with van der Waals surface area (Å²) in [6.07, 6.45) is -0.241. The first-order valence-electron chi connectivity index (χ1n) is 10.7. The normalized spacial score (nSPS) is 19.4. The topological polar surface area (TPSA) is 102 Å². The molecule has 2 heterocycles. The Labute approximate surface area is 197 Å². The van der Waals surface area contributed by atoms with Crippen molar-refractivity contribution in [1.29, 1.82) is 0 Å². The third-order valence-corrected chi connectivity index (χ3v) is 7.83. The smallest absolute Gasteiger partial charge is 0.309 e. The molecule has 0 saturated carbocycles. The maximum Gasteiger partial charge on any atom is 0.309 e. The number of benzene rings is 2. The molecule has 1 aliphatic rings. The van der Waals surface area contributed by atoms with Crippen LogP contribution in [0, 0.1) is 5.92 Å². The number of sulfonamides is 1. The highest BCUT2D eigenvalue weighted by molar-refractivity contribution is 7.89. The highest BCUT2D eigenvalue weighted by atomic mass is 35.5. The molecule has 0 unspecified atom stereocenters. The molecule has 2 aromatic carbocycles. The van der Waals surface area contributed by atoms with E-state index < -0.39 is 16.0 Å². The highest BCUT2D eigenvalue weighted by Gasteiger charge is 2.39. The molecule has 1 N–H and O–H groups in total. The molecule has 1 aromatic heterocycles. The van der Waals surface area contributed by atoms with Crippen LogP contribution in [0.3, 0.4) is 0 Å². The first-order chi connectivity index (χ1) is 15.6. The Kier molecular flexibility index (Phi) is 6.39. The zero-order valence-electron chi connectivity index (χ0n) is 18.6. The molecule has 0 amide bonds. The summed E-state index contributed by atoms with van der Waals surface area (Å²) in [5.41, 5.74) is 1.15. The van der Waals surface area contributed by atoms with Crippen LogP contribution in [0.2, 0.25) is 5.02 Å². The van der Waals surface area contributed by atoms with E-state index in [-0.39, 0.29) is 35.9 Å². The lowest BCUT2D eigenvalue weighted by molar-refractivity contribution is -0.136. The number of carboxylic acid groups (broad SMARTS) is 1. The van der Waals surface area contributed by atoms with Crippen LogP contribution in [0.1, 0.15) is 32.5 Å². The van der Waals surface area contributed by atoms with Crippen molar-refractivity contribution in [2.75, 3.05) is 13.1 Å². The van der Waals surface area contributed by atoms with Crippen molar-refractivity contribution in [3.8, 4) is 5.75 Å². The number of aromatic nitrogens is 2. The second-order valence-corrected chi connectivity index (χ2v) is 11.0. The summed E-state index contributed by atoms with van der Waals surface area (Å²) in [4.78, 5) is 11.5. The van der Waals surface area contributed by atoms with Crippen LogP contribution < -0.4 is 4.74 Å². The predicted molar refractivity (Wildman–Crippen MR) is 125 cm³/mol. The summed E-state index contributed by atoms with van der Waals surface area (Å²) in [5.74, 6) is -0.404. The number of hydrogen-bond acceptors (Lipinski definition) is 5. The van der Waals surface area contributed by atoms with Gasteiger partial charge in [0.1, 0.15) is 5.75 Å². The van der Waals surface area contributed by atoms with Crippen molar-refractivity contribution in [3.63, 3.8) is 0 Å². The molecular formula is C23H26ClN3O5S. The molecule has 176 valence electrons. The number of fused-ring (bicyclic) bond motifs is 1. The van der Waals surface area contributed by atoms with Gasteiger partial charge in [-0.3, -0.25) is 9.48 Å². The minimum Gasteiger partial charge on any atom is -0.491 e. The van der Waals surface area contributed by atoms with Gasteiger partial charge in [0.25, 0.3) is 0 Å². The molecule has 8 nitrogen and oxygen atoms in total. The number of hydrogen-bond donors (Lipinski definition) is 1. The quantitative estimate of drug-likeness (QED) is 0.536. The van der Waals surface area contributed by atoms with Crippen LogP contribution in [0.5, 0.6) is 5.75 Å². The first-order valence-corrected chi connectivity index (χ1v) is 12.5. The van der Waals surface area contributed by atoms with Gasteiger partial charge in [-0.1, -0.05) is 18.5 Å². The maximum absolute atomic E-state index is 13.3. The number of rotatable bonds is 7. The SMILES string of the molecule is CC(C)Oc1ccc(S(=O)(=O)N2C[C@@H](C)[C@@H](n3nc(CC(=O)O)c4cc(Cl)ccc43)C2)cc1. The van der Waals surface area contributed by atoms with E-state index in [2.05, 4.69) is 5.10 Å². The second kappa shape index (κ2) is 8.96. The van der Waals surface area contributed by atoms with E-state index in [0.29, 0.717) is 28.4 Å². The minimum absolute atomic E-state index is 0.00237. The lowest BCUT2D eigenvalue weighted by Crippen LogP contribution is -2.29.